The second-order valence-electron chi connectivity index (χ2n) is 13.9. The van der Waals surface area contributed by atoms with Crippen LogP contribution in [0.4, 0.5) is 0 Å². The van der Waals surface area contributed by atoms with Gasteiger partial charge in [-0.1, -0.05) is 52.0 Å². The van der Waals surface area contributed by atoms with E-state index in [1.54, 1.807) is 0 Å². The molecule has 5 aromatic rings. The molecule has 11 heteroatoms. The van der Waals surface area contributed by atoms with Crippen molar-refractivity contribution in [1.29, 1.82) is 0 Å². The van der Waals surface area contributed by atoms with Crippen molar-refractivity contribution in [2.24, 2.45) is 0 Å². The molecule has 3 heterocycles. The highest BCUT2D eigenvalue weighted by Crippen LogP contribution is 2.49. The second kappa shape index (κ2) is 12.9. The molecule has 0 saturated carbocycles. The Hall–Kier alpha value is -5.03. The van der Waals surface area contributed by atoms with Crippen LogP contribution in [-0.4, -0.2) is 68.2 Å². The maximum Gasteiger partial charge on any atom is 0.334 e. The van der Waals surface area contributed by atoms with Gasteiger partial charge in [0, 0.05) is 80.4 Å². The summed E-state index contributed by atoms with van der Waals surface area (Å²) >= 11 is 1.38. The number of hydrogen-bond donors (Lipinski definition) is 0. The van der Waals surface area contributed by atoms with Gasteiger partial charge in [-0.05, 0) is 71.0 Å². The molecule has 266 valence electrons. The molecule has 52 heavy (non-hydrogen) atoms. The zero-order valence-electron chi connectivity index (χ0n) is 29.7. The Morgan fingerprint density at radius 1 is 0.673 bits per heavy atom. The maximum atomic E-state index is 14.3. The highest BCUT2D eigenvalue weighted by atomic mass is 32.2. The average Bonchev–Trinajstić information content (AvgIpc) is 3.46. The molecule has 1 fully saturated rings. The third kappa shape index (κ3) is 4.92. The third-order valence-corrected chi connectivity index (χ3v) is 12.3. The van der Waals surface area contributed by atoms with Crippen LogP contribution in [0.25, 0.3) is 43.1 Å². The predicted octanol–water partition coefficient (Wildman–Crippen LogP) is 7.76. The molecule has 0 spiro atoms. The average molecular weight is 718 g/mol. The van der Waals surface area contributed by atoms with Gasteiger partial charge >= 0.3 is 5.97 Å². The number of carbonyl (C=O) groups is 6. The Kier molecular flexibility index (Phi) is 8.44. The summed E-state index contributed by atoms with van der Waals surface area (Å²) < 4.78 is 0. The highest BCUT2D eigenvalue weighted by molar-refractivity contribution is 7.99. The van der Waals surface area contributed by atoms with Gasteiger partial charge < -0.3 is 9.74 Å². The van der Waals surface area contributed by atoms with Gasteiger partial charge in [0.2, 0.25) is 0 Å². The van der Waals surface area contributed by atoms with Crippen molar-refractivity contribution in [1.82, 2.24) is 14.9 Å². The van der Waals surface area contributed by atoms with Gasteiger partial charge in [0.25, 0.3) is 29.5 Å². The molecular formula is C41H39N3O7S. The maximum absolute atomic E-state index is 14.3. The standard InChI is InChI=1S/C41H39N3O7S/c1-5-22(6-2)42-20-21-9-10-24-25-11-13-28-36-29(41(50)43(40(28)49)23(7-3)8-4)19-30(52-18-17-33(47)51-44-31(45)15-16-32(44)46)37(38(25)36)26-12-14-27(39(42)48)34(21)35(24)26/h9-14,19,22-23H,5-8,15-18,20H2,1-4H3. The fraction of sp³-hybridized carbons (Fsp3) is 0.366. The molecule has 0 atom stereocenters. The molecular weight excluding hydrogens is 679 g/mol. The van der Waals surface area contributed by atoms with E-state index in [0.717, 1.165) is 61.0 Å². The lowest BCUT2D eigenvalue weighted by Crippen LogP contribution is -2.46. The first kappa shape index (κ1) is 34.1. The summed E-state index contributed by atoms with van der Waals surface area (Å²) in [6.45, 7) is 8.67. The number of carbonyl (C=O) groups excluding carboxylic acids is 6. The Labute approximate surface area is 304 Å². The van der Waals surface area contributed by atoms with Crippen LogP contribution in [-0.2, 0) is 25.8 Å². The zero-order chi connectivity index (χ0) is 36.6. The third-order valence-electron chi connectivity index (χ3n) is 11.2. The lowest BCUT2D eigenvalue weighted by molar-refractivity contribution is -0.197. The molecule has 3 aliphatic rings. The lowest BCUT2D eigenvalue weighted by atomic mass is 9.82. The molecule has 1 saturated heterocycles. The van der Waals surface area contributed by atoms with E-state index >= 15 is 0 Å². The SMILES string of the molecule is CCC(CC)N1Cc2ccc3c4ccc5c6c(cc(SCCC(=O)ON7C(=O)CCC7=O)c(c7ccc(c2c37)C1=O)c64)C(=O)N(C(CC)CC)C5=O. The summed E-state index contributed by atoms with van der Waals surface area (Å²) in [5, 5.41) is 7.43. The Bertz CT molecular complexity index is 2380. The van der Waals surface area contributed by atoms with E-state index in [0.29, 0.717) is 46.5 Å². The van der Waals surface area contributed by atoms with Gasteiger partial charge in [0.05, 0.1) is 6.42 Å². The van der Waals surface area contributed by atoms with E-state index in [-0.39, 0.29) is 54.8 Å². The summed E-state index contributed by atoms with van der Waals surface area (Å²) in [5.41, 5.74) is 2.65. The van der Waals surface area contributed by atoms with Crippen molar-refractivity contribution in [3.05, 3.63) is 64.7 Å². The molecule has 0 N–H and O–H groups in total. The molecule has 0 bridgehead atoms. The number of benzene rings is 5. The highest BCUT2D eigenvalue weighted by Gasteiger charge is 2.39. The van der Waals surface area contributed by atoms with Gasteiger partial charge in [-0.2, -0.15) is 0 Å². The van der Waals surface area contributed by atoms with Crippen molar-refractivity contribution >= 4 is 90.4 Å². The largest absolute Gasteiger partial charge is 0.334 e. The van der Waals surface area contributed by atoms with Crippen LogP contribution in [0.1, 0.15) is 109 Å². The fourth-order valence-electron chi connectivity index (χ4n) is 8.62. The van der Waals surface area contributed by atoms with Crippen LogP contribution in [0.5, 0.6) is 0 Å². The van der Waals surface area contributed by atoms with E-state index in [9.17, 15) is 28.8 Å². The Morgan fingerprint density at radius 2 is 1.27 bits per heavy atom. The number of imide groups is 2. The van der Waals surface area contributed by atoms with Crippen LogP contribution in [0.15, 0.2) is 47.4 Å². The predicted molar refractivity (Wildman–Crippen MR) is 199 cm³/mol. The number of nitrogens with zero attached hydrogens (tertiary/aromatic N) is 3. The Balaban J connectivity index is 1.33. The molecule has 10 nitrogen and oxygen atoms in total. The summed E-state index contributed by atoms with van der Waals surface area (Å²) in [6.07, 6.45) is 2.91. The van der Waals surface area contributed by atoms with Crippen LogP contribution >= 0.6 is 11.8 Å². The van der Waals surface area contributed by atoms with Gasteiger partial charge in [-0.3, -0.25) is 28.9 Å². The van der Waals surface area contributed by atoms with Crippen molar-refractivity contribution in [2.45, 2.75) is 96.2 Å². The van der Waals surface area contributed by atoms with E-state index in [2.05, 4.69) is 26.0 Å². The smallest absolute Gasteiger partial charge is 0.331 e. The van der Waals surface area contributed by atoms with Gasteiger partial charge in [0.1, 0.15) is 0 Å². The van der Waals surface area contributed by atoms with Gasteiger partial charge in [-0.25, -0.2) is 4.79 Å². The molecule has 0 unspecified atom stereocenters. The number of hydroxylamine groups is 2. The zero-order valence-corrected chi connectivity index (χ0v) is 30.5. The van der Waals surface area contributed by atoms with Crippen LogP contribution in [0.2, 0.25) is 0 Å². The van der Waals surface area contributed by atoms with Crippen LogP contribution in [0, 0.1) is 0 Å². The summed E-state index contributed by atoms with van der Waals surface area (Å²) in [4.78, 5) is 88.7. The minimum atomic E-state index is -0.708. The van der Waals surface area contributed by atoms with Crippen molar-refractivity contribution in [3.63, 3.8) is 0 Å². The van der Waals surface area contributed by atoms with E-state index in [1.807, 2.05) is 49.1 Å². The molecule has 3 aliphatic heterocycles. The van der Waals surface area contributed by atoms with E-state index < -0.39 is 17.8 Å². The van der Waals surface area contributed by atoms with Crippen molar-refractivity contribution in [3.8, 4) is 0 Å². The first-order chi connectivity index (χ1) is 25.1. The topological polar surface area (TPSA) is 121 Å². The van der Waals surface area contributed by atoms with E-state index in [1.165, 1.54) is 16.7 Å². The minimum absolute atomic E-state index is 0.0107. The summed E-state index contributed by atoms with van der Waals surface area (Å²) in [6, 6.07) is 13.6. The first-order valence-electron chi connectivity index (χ1n) is 18.2. The summed E-state index contributed by atoms with van der Waals surface area (Å²) in [5.74, 6) is -2.18. The quantitative estimate of drug-likeness (QED) is 0.0589. The second-order valence-corrected chi connectivity index (χ2v) is 15.0. The number of rotatable bonds is 11. The van der Waals surface area contributed by atoms with Gasteiger partial charge in [-0.15, -0.1) is 16.8 Å². The molecule has 8 rings (SSSR count). The number of amides is 5. The normalized spacial score (nSPS) is 16.1. The van der Waals surface area contributed by atoms with Crippen LogP contribution < -0.4 is 0 Å². The molecule has 0 aromatic heterocycles. The molecule has 0 radical (unpaired) electrons. The number of hydrogen-bond acceptors (Lipinski definition) is 8. The minimum Gasteiger partial charge on any atom is -0.331 e. The molecule has 5 amide bonds. The van der Waals surface area contributed by atoms with Crippen molar-refractivity contribution < 1.29 is 33.6 Å². The fourth-order valence-corrected chi connectivity index (χ4v) is 9.67. The molecule has 0 aliphatic carbocycles. The Morgan fingerprint density at radius 3 is 1.94 bits per heavy atom. The first-order valence-corrected chi connectivity index (χ1v) is 19.2. The van der Waals surface area contributed by atoms with Crippen LogP contribution in [0.3, 0.4) is 0 Å². The lowest BCUT2D eigenvalue weighted by Gasteiger charge is -2.36. The van der Waals surface area contributed by atoms with Crippen molar-refractivity contribution in [2.75, 3.05) is 5.75 Å². The number of fused-ring (bicyclic) bond motifs is 2. The van der Waals surface area contributed by atoms with E-state index in [4.69, 9.17) is 4.84 Å². The number of thioether (sulfide) groups is 1. The summed E-state index contributed by atoms with van der Waals surface area (Å²) in [7, 11) is 0. The van der Waals surface area contributed by atoms with Gasteiger partial charge in [0.15, 0.2) is 0 Å². The molecule has 5 aromatic carbocycles. The monoisotopic (exact) mass is 717 g/mol.